The van der Waals surface area contributed by atoms with Crippen LogP contribution in [0.4, 0.5) is 0 Å². The number of allylic oxidation sites excluding steroid dienone is 2. The highest BCUT2D eigenvalue weighted by atomic mass is 16.5. The van der Waals surface area contributed by atoms with Gasteiger partial charge in [0, 0.05) is 17.7 Å². The number of hydrogen-bond donors (Lipinski definition) is 0. The van der Waals surface area contributed by atoms with E-state index >= 15 is 0 Å². The molecule has 192 valence electrons. The van der Waals surface area contributed by atoms with Crippen LogP contribution in [-0.2, 0) is 6.42 Å². The summed E-state index contributed by atoms with van der Waals surface area (Å²) in [5.74, 6) is 2.40. The first-order chi connectivity index (χ1) is 18.2. The quantitative estimate of drug-likeness (QED) is 0.324. The lowest BCUT2D eigenvalue weighted by Gasteiger charge is -2.26. The Kier molecular flexibility index (Phi) is 7.90. The van der Waals surface area contributed by atoms with Gasteiger partial charge in [0.2, 0.25) is 0 Å². The first-order valence-corrected chi connectivity index (χ1v) is 13.2. The van der Waals surface area contributed by atoms with Gasteiger partial charge in [-0.2, -0.15) is 0 Å². The fourth-order valence-corrected chi connectivity index (χ4v) is 5.38. The van der Waals surface area contributed by atoms with Crippen LogP contribution in [0.5, 0.6) is 17.2 Å². The normalized spacial score (nSPS) is 15.7. The second-order valence-corrected chi connectivity index (χ2v) is 9.71. The molecule has 1 fully saturated rings. The van der Waals surface area contributed by atoms with Gasteiger partial charge in [-0.25, -0.2) is 0 Å². The number of carbonyl (C=O) groups is 1. The topological polar surface area (TPSA) is 48.0 Å². The van der Waals surface area contributed by atoms with Crippen molar-refractivity contribution < 1.29 is 19.0 Å². The molecule has 0 N–H and O–H groups in total. The van der Waals surface area contributed by atoms with Crippen LogP contribution in [0.1, 0.15) is 52.7 Å². The summed E-state index contributed by atoms with van der Waals surface area (Å²) in [5.41, 5.74) is 5.56. The van der Waals surface area contributed by atoms with Crippen LogP contribution >= 0.6 is 0 Å². The zero-order valence-corrected chi connectivity index (χ0v) is 21.8. The van der Waals surface area contributed by atoms with Crippen molar-refractivity contribution in [2.45, 2.75) is 32.1 Å². The van der Waals surface area contributed by atoms with Gasteiger partial charge in [0.1, 0.15) is 23.9 Å². The molecule has 3 aromatic rings. The third kappa shape index (κ3) is 5.72. The Hall–Kier alpha value is -3.57. The van der Waals surface area contributed by atoms with Gasteiger partial charge < -0.3 is 14.2 Å². The number of aryl methyl sites for hydroxylation is 1. The summed E-state index contributed by atoms with van der Waals surface area (Å²) in [6.45, 7) is 3.93. The minimum Gasteiger partial charge on any atom is -0.497 e. The molecule has 0 unspecified atom stereocenters. The first-order valence-electron chi connectivity index (χ1n) is 13.2. The zero-order chi connectivity index (χ0) is 25.6. The maximum absolute atomic E-state index is 14.0. The number of carbonyl (C=O) groups excluding carboxylic acids is 1. The summed E-state index contributed by atoms with van der Waals surface area (Å²) in [7, 11) is 3.34. The molecule has 1 saturated heterocycles. The maximum Gasteiger partial charge on any atom is 0.193 e. The van der Waals surface area contributed by atoms with Crippen molar-refractivity contribution in [3.8, 4) is 17.2 Å². The third-order valence-electron chi connectivity index (χ3n) is 7.41. The van der Waals surface area contributed by atoms with Crippen LogP contribution in [0.2, 0.25) is 0 Å². The molecule has 5 rings (SSSR count). The van der Waals surface area contributed by atoms with Crippen molar-refractivity contribution in [3.05, 3.63) is 89.0 Å². The van der Waals surface area contributed by atoms with Crippen LogP contribution in [0, 0.1) is 0 Å². The van der Waals surface area contributed by atoms with E-state index in [1.54, 1.807) is 14.2 Å². The number of ether oxygens (including phenoxy) is 3. The molecule has 5 heteroatoms. The van der Waals surface area contributed by atoms with Gasteiger partial charge in [0.05, 0.1) is 14.2 Å². The van der Waals surface area contributed by atoms with E-state index in [-0.39, 0.29) is 5.78 Å². The van der Waals surface area contributed by atoms with E-state index in [0.717, 1.165) is 77.6 Å². The Morgan fingerprint density at radius 3 is 2.30 bits per heavy atom. The summed E-state index contributed by atoms with van der Waals surface area (Å²) < 4.78 is 16.9. The molecule has 3 aromatic carbocycles. The van der Waals surface area contributed by atoms with Crippen LogP contribution in [0.25, 0.3) is 11.1 Å². The number of Topliss-reactive ketones (excluding diaryl/α,β-unsaturated/α-hetero) is 1. The van der Waals surface area contributed by atoms with Crippen molar-refractivity contribution in [2.24, 2.45) is 0 Å². The van der Waals surface area contributed by atoms with Gasteiger partial charge in [-0.15, -0.1) is 0 Å². The van der Waals surface area contributed by atoms with E-state index in [0.29, 0.717) is 12.2 Å². The second kappa shape index (κ2) is 11.7. The zero-order valence-electron chi connectivity index (χ0n) is 21.8. The van der Waals surface area contributed by atoms with Gasteiger partial charge in [-0.05, 0) is 110 Å². The van der Waals surface area contributed by atoms with Crippen LogP contribution in [0.3, 0.4) is 0 Å². The molecule has 0 aromatic heterocycles. The molecular formula is C32H35NO4. The van der Waals surface area contributed by atoms with Gasteiger partial charge in [0.25, 0.3) is 0 Å². The monoisotopic (exact) mass is 497 g/mol. The highest BCUT2D eigenvalue weighted by Gasteiger charge is 2.27. The Bertz CT molecular complexity index is 1270. The van der Waals surface area contributed by atoms with Crippen molar-refractivity contribution >= 4 is 16.9 Å². The summed E-state index contributed by atoms with van der Waals surface area (Å²) in [4.78, 5) is 16.5. The Balaban J connectivity index is 1.42. The fourth-order valence-electron chi connectivity index (χ4n) is 5.38. The Morgan fingerprint density at radius 2 is 1.54 bits per heavy atom. The molecule has 0 spiro atoms. The predicted octanol–water partition coefficient (Wildman–Crippen LogP) is 6.31. The Morgan fingerprint density at radius 1 is 0.811 bits per heavy atom. The van der Waals surface area contributed by atoms with Crippen LogP contribution < -0.4 is 14.2 Å². The first kappa shape index (κ1) is 25.1. The standard InChI is InChI=1S/C32H35NO4/c1-35-27-8-6-7-24(21-27)29-15-11-25-22-28(36-2)14-16-30(25)31(29)32(34)23-9-12-26(13-10-23)37-20-19-33-17-4-3-5-18-33/h6-10,12-14,16,21-22H,3-5,11,15,17-20H2,1-2H3. The average molecular weight is 498 g/mol. The molecule has 37 heavy (non-hydrogen) atoms. The summed E-state index contributed by atoms with van der Waals surface area (Å²) in [5, 5.41) is 0. The molecule has 1 heterocycles. The van der Waals surface area contributed by atoms with E-state index in [1.165, 1.54) is 19.3 Å². The molecule has 0 amide bonds. The maximum atomic E-state index is 14.0. The molecule has 0 saturated carbocycles. The predicted molar refractivity (Wildman–Crippen MR) is 148 cm³/mol. The highest BCUT2D eigenvalue weighted by molar-refractivity contribution is 6.35. The minimum atomic E-state index is 0.0174. The van der Waals surface area contributed by atoms with Crippen LogP contribution in [0.15, 0.2) is 66.7 Å². The van der Waals surface area contributed by atoms with E-state index in [2.05, 4.69) is 11.0 Å². The fraction of sp³-hybridized carbons (Fsp3) is 0.344. The van der Waals surface area contributed by atoms with Gasteiger partial charge in [0.15, 0.2) is 5.78 Å². The van der Waals surface area contributed by atoms with Gasteiger partial charge in [-0.3, -0.25) is 9.69 Å². The SMILES string of the molecule is COc1cccc(C2=C(C(=O)c3ccc(OCCN4CCCCC4)cc3)c3ccc(OC)cc3CC2)c1. The molecular weight excluding hydrogens is 462 g/mol. The molecule has 0 bridgehead atoms. The molecule has 2 aliphatic rings. The number of piperidine rings is 1. The molecule has 0 atom stereocenters. The number of nitrogens with zero attached hydrogens (tertiary/aromatic N) is 1. The third-order valence-corrected chi connectivity index (χ3v) is 7.41. The smallest absolute Gasteiger partial charge is 0.193 e. The van der Waals surface area contributed by atoms with Crippen molar-refractivity contribution in [1.82, 2.24) is 4.90 Å². The lowest BCUT2D eigenvalue weighted by atomic mass is 9.79. The summed E-state index contributed by atoms with van der Waals surface area (Å²) in [6.07, 6.45) is 5.51. The van der Waals surface area contributed by atoms with Crippen LogP contribution in [-0.4, -0.2) is 51.1 Å². The van der Waals surface area contributed by atoms with Crippen molar-refractivity contribution in [3.63, 3.8) is 0 Å². The summed E-state index contributed by atoms with van der Waals surface area (Å²) in [6, 6.07) is 21.5. The molecule has 1 aliphatic heterocycles. The number of benzene rings is 3. The highest BCUT2D eigenvalue weighted by Crippen LogP contribution is 2.40. The van der Waals surface area contributed by atoms with Crippen molar-refractivity contribution in [2.75, 3.05) is 40.5 Å². The van der Waals surface area contributed by atoms with Gasteiger partial charge in [-0.1, -0.05) is 24.6 Å². The van der Waals surface area contributed by atoms with E-state index < -0.39 is 0 Å². The average Bonchev–Trinajstić information content (AvgIpc) is 2.96. The number of likely N-dealkylation sites (tertiary alicyclic amines) is 1. The molecule has 5 nitrogen and oxygen atoms in total. The number of rotatable bonds is 9. The second-order valence-electron chi connectivity index (χ2n) is 9.71. The minimum absolute atomic E-state index is 0.0174. The summed E-state index contributed by atoms with van der Waals surface area (Å²) >= 11 is 0. The number of hydrogen-bond acceptors (Lipinski definition) is 5. The van der Waals surface area contributed by atoms with Gasteiger partial charge >= 0.3 is 0 Å². The van der Waals surface area contributed by atoms with E-state index in [4.69, 9.17) is 14.2 Å². The largest absolute Gasteiger partial charge is 0.497 e. The number of ketones is 1. The Labute approximate surface area is 219 Å². The lowest BCUT2D eigenvalue weighted by Crippen LogP contribution is -2.33. The number of methoxy groups -OCH3 is 2. The number of fused-ring (bicyclic) bond motifs is 1. The van der Waals surface area contributed by atoms with E-state index in [1.807, 2.05) is 60.7 Å². The van der Waals surface area contributed by atoms with E-state index in [9.17, 15) is 4.79 Å². The molecule has 1 aliphatic carbocycles. The van der Waals surface area contributed by atoms with Crippen molar-refractivity contribution in [1.29, 1.82) is 0 Å². The lowest BCUT2D eigenvalue weighted by molar-refractivity contribution is 0.105. The molecule has 0 radical (unpaired) electrons.